The molecule has 8 nitrogen and oxygen atoms in total. The Morgan fingerprint density at radius 2 is 1.50 bits per heavy atom. The van der Waals surface area contributed by atoms with Crippen molar-refractivity contribution in [2.75, 3.05) is 10.6 Å². The first-order chi connectivity index (χ1) is 17.7. The minimum atomic E-state index is -0.358. The van der Waals surface area contributed by atoms with Gasteiger partial charge in [0.15, 0.2) is 10.9 Å². The van der Waals surface area contributed by atoms with Crippen molar-refractivity contribution in [2.45, 2.75) is 10.9 Å². The van der Waals surface area contributed by atoms with Gasteiger partial charge in [0.1, 0.15) is 0 Å². The summed E-state index contributed by atoms with van der Waals surface area (Å²) in [6.45, 7) is 0. The molecule has 0 aliphatic rings. The highest BCUT2D eigenvalue weighted by molar-refractivity contribution is 7.98. The van der Waals surface area contributed by atoms with Gasteiger partial charge in [-0.25, -0.2) is 14.6 Å². The molecule has 0 fully saturated rings. The number of rotatable bonds is 8. The van der Waals surface area contributed by atoms with Crippen LogP contribution >= 0.6 is 23.4 Å². The number of thioether (sulfide) groups is 1. The number of aromatic nitrogens is 5. The van der Waals surface area contributed by atoms with Gasteiger partial charge in [-0.05, 0) is 66.7 Å². The van der Waals surface area contributed by atoms with E-state index in [1.165, 1.54) is 11.8 Å². The zero-order valence-corrected chi connectivity index (χ0v) is 20.4. The minimum Gasteiger partial charge on any atom is -0.356 e. The van der Waals surface area contributed by atoms with Crippen LogP contribution in [0.25, 0.3) is 5.69 Å². The molecule has 5 rings (SSSR count). The number of para-hydroxylation sites is 1. The fourth-order valence-corrected chi connectivity index (χ4v) is 4.33. The largest absolute Gasteiger partial charge is 0.356 e. The van der Waals surface area contributed by atoms with E-state index in [4.69, 9.17) is 11.6 Å². The third kappa shape index (κ3) is 5.70. The van der Waals surface area contributed by atoms with Crippen LogP contribution in [-0.2, 0) is 5.75 Å². The predicted molar refractivity (Wildman–Crippen MR) is 142 cm³/mol. The molecule has 2 N–H and O–H groups in total. The third-order valence-corrected chi connectivity index (χ3v) is 6.27. The minimum absolute atomic E-state index is 0.222. The van der Waals surface area contributed by atoms with E-state index in [2.05, 4.69) is 30.9 Å². The smallest absolute Gasteiger partial charge is 0.278 e. The van der Waals surface area contributed by atoms with Crippen molar-refractivity contribution in [1.82, 2.24) is 25.0 Å². The number of benzene rings is 3. The molecule has 0 saturated carbocycles. The maximum atomic E-state index is 13.2. The standard InChI is InChI=1S/C26H20ClN7OS/c27-18-7-13-22(14-8-18)34-23(17-36-26-28-15-4-16-29-26)24(32-33-34)25(35)31-21-11-9-20(10-12-21)30-19-5-2-1-3-6-19/h1-16,30H,17H2,(H,31,35). The van der Waals surface area contributed by atoms with Gasteiger partial charge in [-0.1, -0.05) is 46.8 Å². The molecule has 1 amide bonds. The summed E-state index contributed by atoms with van der Waals surface area (Å²) in [5.74, 6) is 0.0334. The Labute approximate surface area is 216 Å². The molecule has 0 aliphatic carbocycles. The van der Waals surface area contributed by atoms with Gasteiger partial charge in [0.05, 0.1) is 11.4 Å². The highest BCUT2D eigenvalue weighted by Crippen LogP contribution is 2.25. The van der Waals surface area contributed by atoms with Gasteiger partial charge in [-0.15, -0.1) is 5.10 Å². The third-order valence-electron chi connectivity index (χ3n) is 5.13. The van der Waals surface area contributed by atoms with Crippen LogP contribution in [-0.4, -0.2) is 30.9 Å². The normalized spacial score (nSPS) is 10.7. The molecule has 36 heavy (non-hydrogen) atoms. The van der Waals surface area contributed by atoms with E-state index >= 15 is 0 Å². The summed E-state index contributed by atoms with van der Waals surface area (Å²) < 4.78 is 1.63. The van der Waals surface area contributed by atoms with Gasteiger partial charge < -0.3 is 10.6 Å². The van der Waals surface area contributed by atoms with Crippen LogP contribution < -0.4 is 10.6 Å². The second kappa shape index (κ2) is 11.0. The number of amides is 1. The number of hydrogen-bond donors (Lipinski definition) is 2. The first-order valence-electron chi connectivity index (χ1n) is 11.0. The predicted octanol–water partition coefficient (Wildman–Crippen LogP) is 6.00. The quantitative estimate of drug-likeness (QED) is 0.194. The SMILES string of the molecule is O=C(Nc1ccc(Nc2ccccc2)cc1)c1nnn(-c2ccc(Cl)cc2)c1CSc1ncccn1. The first kappa shape index (κ1) is 23.5. The van der Waals surface area contributed by atoms with Crippen molar-refractivity contribution in [2.24, 2.45) is 0 Å². The van der Waals surface area contributed by atoms with Crippen LogP contribution in [0, 0.1) is 0 Å². The van der Waals surface area contributed by atoms with E-state index in [9.17, 15) is 4.79 Å². The average molecular weight is 514 g/mol. The first-order valence-corrected chi connectivity index (χ1v) is 12.4. The second-order valence-electron chi connectivity index (χ2n) is 7.62. The molecular formula is C26H20ClN7OS. The molecule has 0 atom stereocenters. The van der Waals surface area contributed by atoms with E-state index in [0.717, 1.165) is 17.1 Å². The summed E-state index contributed by atoms with van der Waals surface area (Å²) >= 11 is 7.44. The monoisotopic (exact) mass is 513 g/mol. The molecule has 0 unspecified atom stereocenters. The molecule has 3 aromatic carbocycles. The van der Waals surface area contributed by atoms with Crippen LogP contribution in [0.1, 0.15) is 16.2 Å². The van der Waals surface area contributed by atoms with E-state index in [1.807, 2.05) is 66.7 Å². The van der Waals surface area contributed by atoms with Crippen molar-refractivity contribution in [3.8, 4) is 5.69 Å². The van der Waals surface area contributed by atoms with Crippen molar-refractivity contribution in [3.05, 3.63) is 114 Å². The van der Waals surface area contributed by atoms with Crippen molar-refractivity contribution in [1.29, 1.82) is 0 Å². The number of halogens is 1. The van der Waals surface area contributed by atoms with Gasteiger partial charge in [0.25, 0.3) is 5.91 Å². The van der Waals surface area contributed by atoms with E-state index in [-0.39, 0.29) is 11.6 Å². The number of nitrogens with one attached hydrogen (secondary N) is 2. The van der Waals surface area contributed by atoms with Crippen LogP contribution in [0.15, 0.2) is 102 Å². The Balaban J connectivity index is 1.36. The Hall–Kier alpha value is -4.21. The molecule has 178 valence electrons. The zero-order chi connectivity index (χ0) is 24.7. The molecule has 2 heterocycles. The van der Waals surface area contributed by atoms with E-state index < -0.39 is 0 Å². The number of carbonyl (C=O) groups is 1. The molecule has 10 heteroatoms. The number of hydrogen-bond acceptors (Lipinski definition) is 7. The summed E-state index contributed by atoms with van der Waals surface area (Å²) in [5.41, 5.74) is 4.12. The summed E-state index contributed by atoms with van der Waals surface area (Å²) in [6, 6.07) is 26.3. The van der Waals surface area contributed by atoms with Crippen LogP contribution in [0.4, 0.5) is 17.1 Å². The molecule has 0 aliphatic heterocycles. The fraction of sp³-hybridized carbons (Fsp3) is 0.0385. The molecule has 0 spiro atoms. The van der Waals surface area contributed by atoms with Gasteiger partial charge >= 0.3 is 0 Å². The number of carbonyl (C=O) groups excluding carboxylic acids is 1. The highest BCUT2D eigenvalue weighted by atomic mass is 35.5. The maximum Gasteiger partial charge on any atom is 0.278 e. The van der Waals surface area contributed by atoms with Crippen molar-refractivity contribution >= 4 is 46.3 Å². The number of nitrogens with zero attached hydrogens (tertiary/aromatic N) is 5. The van der Waals surface area contributed by atoms with E-state index in [0.29, 0.717) is 27.3 Å². The van der Waals surface area contributed by atoms with Gasteiger partial charge in [0, 0.05) is 40.2 Å². The summed E-state index contributed by atoms with van der Waals surface area (Å²) in [5, 5.41) is 15.9. The topological polar surface area (TPSA) is 97.6 Å². The summed E-state index contributed by atoms with van der Waals surface area (Å²) in [4.78, 5) is 21.7. The Kier molecular flexibility index (Phi) is 7.20. The van der Waals surface area contributed by atoms with Gasteiger partial charge in [0.2, 0.25) is 0 Å². The van der Waals surface area contributed by atoms with Crippen molar-refractivity contribution < 1.29 is 4.79 Å². The lowest BCUT2D eigenvalue weighted by molar-refractivity contribution is 0.102. The summed E-state index contributed by atoms with van der Waals surface area (Å²) in [6.07, 6.45) is 3.35. The zero-order valence-electron chi connectivity index (χ0n) is 18.9. The maximum absolute atomic E-state index is 13.2. The van der Waals surface area contributed by atoms with Gasteiger partial charge in [-0.2, -0.15) is 0 Å². The van der Waals surface area contributed by atoms with Crippen LogP contribution in [0.2, 0.25) is 5.02 Å². The molecule has 5 aromatic rings. The molecule has 2 aromatic heterocycles. The van der Waals surface area contributed by atoms with Crippen LogP contribution in [0.5, 0.6) is 0 Å². The Morgan fingerprint density at radius 3 is 2.22 bits per heavy atom. The highest BCUT2D eigenvalue weighted by Gasteiger charge is 2.21. The van der Waals surface area contributed by atoms with Gasteiger partial charge in [-0.3, -0.25) is 4.79 Å². The lowest BCUT2D eigenvalue weighted by atomic mass is 10.2. The van der Waals surface area contributed by atoms with E-state index in [1.54, 1.807) is 35.3 Å². The average Bonchev–Trinajstić information content (AvgIpc) is 3.34. The molecule has 0 radical (unpaired) electrons. The Morgan fingerprint density at radius 1 is 0.833 bits per heavy atom. The fourth-order valence-electron chi connectivity index (χ4n) is 3.41. The van der Waals surface area contributed by atoms with Crippen LogP contribution in [0.3, 0.4) is 0 Å². The molecule has 0 bridgehead atoms. The molecular weight excluding hydrogens is 494 g/mol. The summed E-state index contributed by atoms with van der Waals surface area (Å²) in [7, 11) is 0. The lowest BCUT2D eigenvalue weighted by Gasteiger charge is -2.10. The molecule has 0 saturated heterocycles. The second-order valence-corrected chi connectivity index (χ2v) is 8.99. The van der Waals surface area contributed by atoms with Crippen molar-refractivity contribution in [3.63, 3.8) is 0 Å². The Bertz CT molecular complexity index is 1440. The lowest BCUT2D eigenvalue weighted by Crippen LogP contribution is -2.15. The number of anilines is 3.